The van der Waals surface area contributed by atoms with Crippen LogP contribution in [0, 0.1) is 3.57 Å². The highest BCUT2D eigenvalue weighted by Crippen LogP contribution is 2.19. The third kappa shape index (κ3) is 4.59. The molecule has 0 spiro atoms. The van der Waals surface area contributed by atoms with Crippen molar-refractivity contribution in [3.63, 3.8) is 0 Å². The maximum Gasteiger partial charge on any atom is 0.252 e. The summed E-state index contributed by atoms with van der Waals surface area (Å²) in [6.45, 7) is 1.96. The van der Waals surface area contributed by atoms with Crippen molar-refractivity contribution in [1.82, 2.24) is 5.32 Å². The van der Waals surface area contributed by atoms with Gasteiger partial charge in [0.15, 0.2) is 0 Å². The average molecular weight is 434 g/mol. The van der Waals surface area contributed by atoms with Crippen molar-refractivity contribution in [2.24, 2.45) is 0 Å². The zero-order valence-corrected chi connectivity index (χ0v) is 15.0. The van der Waals surface area contributed by atoms with E-state index in [2.05, 4.69) is 27.9 Å². The molecule has 2 nitrogen and oxygen atoms in total. The predicted octanol–water partition coefficient (Wildman–Crippen LogP) is 4.96. The number of hydrogen-bond donors (Lipinski definition) is 1. The lowest BCUT2D eigenvalue weighted by Gasteiger charge is -2.15. The van der Waals surface area contributed by atoms with Crippen molar-refractivity contribution < 1.29 is 4.79 Å². The molecule has 1 unspecified atom stereocenters. The first-order chi connectivity index (χ1) is 9.97. The van der Waals surface area contributed by atoms with Crippen LogP contribution in [-0.2, 0) is 6.42 Å². The van der Waals surface area contributed by atoms with Crippen LogP contribution in [-0.4, -0.2) is 11.9 Å². The van der Waals surface area contributed by atoms with Crippen LogP contribution in [0.1, 0.15) is 22.8 Å². The maximum atomic E-state index is 12.3. The molecule has 2 aromatic carbocycles. The lowest BCUT2D eigenvalue weighted by atomic mass is 10.1. The summed E-state index contributed by atoms with van der Waals surface area (Å²) in [4.78, 5) is 12.3. The van der Waals surface area contributed by atoms with Crippen LogP contribution < -0.4 is 5.32 Å². The molecular formula is C16H14Cl2INO. The molecule has 1 atom stereocenters. The van der Waals surface area contributed by atoms with Crippen LogP contribution >= 0.6 is 45.8 Å². The van der Waals surface area contributed by atoms with E-state index in [1.165, 1.54) is 0 Å². The smallest absolute Gasteiger partial charge is 0.252 e. The molecule has 0 radical (unpaired) electrons. The van der Waals surface area contributed by atoms with Gasteiger partial charge in [-0.25, -0.2) is 0 Å². The third-order valence-corrected chi connectivity index (χ3v) is 4.58. The van der Waals surface area contributed by atoms with Gasteiger partial charge >= 0.3 is 0 Å². The molecule has 0 fully saturated rings. The Morgan fingerprint density at radius 1 is 1.24 bits per heavy atom. The number of amides is 1. The van der Waals surface area contributed by atoms with E-state index in [1.54, 1.807) is 12.1 Å². The quantitative estimate of drug-likeness (QED) is 0.678. The largest absolute Gasteiger partial charge is 0.349 e. The highest BCUT2D eigenvalue weighted by molar-refractivity contribution is 14.1. The van der Waals surface area contributed by atoms with Gasteiger partial charge in [0, 0.05) is 19.7 Å². The normalized spacial score (nSPS) is 12.0. The summed E-state index contributed by atoms with van der Waals surface area (Å²) in [5.41, 5.74) is 1.61. The van der Waals surface area contributed by atoms with Crippen molar-refractivity contribution in [2.75, 3.05) is 0 Å². The zero-order valence-electron chi connectivity index (χ0n) is 11.4. The minimum Gasteiger partial charge on any atom is -0.349 e. The maximum absolute atomic E-state index is 12.3. The van der Waals surface area contributed by atoms with Crippen LogP contribution in [0.5, 0.6) is 0 Å². The van der Waals surface area contributed by atoms with Gasteiger partial charge in [-0.2, -0.15) is 0 Å². The number of hydrogen-bond acceptors (Lipinski definition) is 1. The Morgan fingerprint density at radius 2 is 1.95 bits per heavy atom. The summed E-state index contributed by atoms with van der Waals surface area (Å²) in [6.07, 6.45) is 0.683. The molecule has 0 aromatic heterocycles. The Bertz CT molecular complexity index is 660. The summed E-state index contributed by atoms with van der Waals surface area (Å²) in [5.74, 6) is -0.124. The van der Waals surface area contributed by atoms with Crippen molar-refractivity contribution >= 4 is 51.7 Å². The molecule has 21 heavy (non-hydrogen) atoms. The predicted molar refractivity (Wildman–Crippen MR) is 96.3 cm³/mol. The number of nitrogens with one attached hydrogen (secondary N) is 1. The van der Waals surface area contributed by atoms with E-state index >= 15 is 0 Å². The number of carbonyl (C=O) groups is 1. The Balaban J connectivity index is 2.06. The van der Waals surface area contributed by atoms with E-state index in [0.717, 1.165) is 14.2 Å². The van der Waals surface area contributed by atoms with Crippen molar-refractivity contribution in [2.45, 2.75) is 19.4 Å². The Morgan fingerprint density at radius 3 is 2.67 bits per heavy atom. The topological polar surface area (TPSA) is 29.1 Å². The van der Waals surface area contributed by atoms with Gasteiger partial charge in [0.25, 0.3) is 5.91 Å². The fourth-order valence-electron chi connectivity index (χ4n) is 2.02. The summed E-state index contributed by atoms with van der Waals surface area (Å²) in [5, 5.41) is 4.25. The highest BCUT2D eigenvalue weighted by Gasteiger charge is 2.14. The summed E-state index contributed by atoms with van der Waals surface area (Å²) >= 11 is 14.2. The van der Waals surface area contributed by atoms with Crippen LogP contribution in [0.4, 0.5) is 0 Å². The van der Waals surface area contributed by atoms with Gasteiger partial charge in [-0.3, -0.25) is 4.79 Å². The van der Waals surface area contributed by atoms with Crippen molar-refractivity contribution in [1.29, 1.82) is 0 Å². The zero-order chi connectivity index (χ0) is 15.4. The molecule has 110 valence electrons. The second-order valence-electron chi connectivity index (χ2n) is 4.79. The van der Waals surface area contributed by atoms with E-state index in [1.807, 2.05) is 37.3 Å². The number of benzene rings is 2. The molecular weight excluding hydrogens is 420 g/mol. The third-order valence-electron chi connectivity index (χ3n) is 3.03. The fraction of sp³-hybridized carbons (Fsp3) is 0.188. The SMILES string of the molecule is CC(Cc1ccccc1Cl)NC(=O)c1cc(Cl)ccc1I. The first-order valence-electron chi connectivity index (χ1n) is 6.46. The molecule has 2 rings (SSSR count). The summed E-state index contributed by atoms with van der Waals surface area (Å²) in [6, 6.07) is 12.9. The minimum atomic E-state index is -0.124. The molecule has 0 saturated heterocycles. The Hall–Kier alpha value is -0.780. The van der Waals surface area contributed by atoms with E-state index in [4.69, 9.17) is 23.2 Å². The molecule has 0 aliphatic rings. The molecule has 0 saturated carbocycles. The van der Waals surface area contributed by atoms with Gasteiger partial charge in [-0.05, 0) is 65.8 Å². The van der Waals surface area contributed by atoms with Gasteiger partial charge in [-0.1, -0.05) is 41.4 Å². The molecule has 0 aliphatic heterocycles. The molecule has 5 heteroatoms. The molecule has 0 bridgehead atoms. The van der Waals surface area contributed by atoms with Gasteiger partial charge < -0.3 is 5.32 Å². The lowest BCUT2D eigenvalue weighted by molar-refractivity contribution is 0.0939. The standard InChI is InChI=1S/C16H14Cl2INO/c1-10(8-11-4-2-3-5-14(11)18)20-16(21)13-9-12(17)6-7-15(13)19/h2-7,9-10H,8H2,1H3,(H,20,21). The van der Waals surface area contributed by atoms with Crippen LogP contribution in [0.2, 0.25) is 10.0 Å². The second-order valence-corrected chi connectivity index (χ2v) is 6.80. The number of rotatable bonds is 4. The molecule has 2 aromatic rings. The molecule has 0 heterocycles. The number of carbonyl (C=O) groups excluding carboxylic acids is 1. The van der Waals surface area contributed by atoms with Crippen LogP contribution in [0.25, 0.3) is 0 Å². The van der Waals surface area contributed by atoms with Crippen molar-refractivity contribution in [3.8, 4) is 0 Å². The second kappa shape index (κ2) is 7.47. The van der Waals surface area contributed by atoms with Crippen LogP contribution in [0.3, 0.4) is 0 Å². The van der Waals surface area contributed by atoms with E-state index in [-0.39, 0.29) is 11.9 Å². The van der Waals surface area contributed by atoms with Gasteiger partial charge in [0.2, 0.25) is 0 Å². The van der Waals surface area contributed by atoms with E-state index in [0.29, 0.717) is 17.0 Å². The van der Waals surface area contributed by atoms with Gasteiger partial charge in [-0.15, -0.1) is 0 Å². The first-order valence-corrected chi connectivity index (χ1v) is 8.30. The highest BCUT2D eigenvalue weighted by atomic mass is 127. The average Bonchev–Trinajstić information content (AvgIpc) is 2.44. The lowest BCUT2D eigenvalue weighted by Crippen LogP contribution is -2.34. The number of halogens is 3. The van der Waals surface area contributed by atoms with Crippen molar-refractivity contribution in [3.05, 3.63) is 67.2 Å². The molecule has 1 amide bonds. The van der Waals surface area contributed by atoms with E-state index in [9.17, 15) is 4.79 Å². The summed E-state index contributed by atoms with van der Waals surface area (Å²) in [7, 11) is 0. The first kappa shape index (κ1) is 16.6. The van der Waals surface area contributed by atoms with Gasteiger partial charge in [0.1, 0.15) is 0 Å². The fourth-order valence-corrected chi connectivity index (χ4v) is 2.98. The monoisotopic (exact) mass is 433 g/mol. The van der Waals surface area contributed by atoms with E-state index < -0.39 is 0 Å². The molecule has 0 aliphatic carbocycles. The van der Waals surface area contributed by atoms with Gasteiger partial charge in [0.05, 0.1) is 5.56 Å². The van der Waals surface area contributed by atoms with Crippen LogP contribution in [0.15, 0.2) is 42.5 Å². The Kier molecular flexibility index (Phi) is 5.90. The minimum absolute atomic E-state index is 0.0211. The Labute approximate surface area is 148 Å². The summed E-state index contributed by atoms with van der Waals surface area (Å²) < 4.78 is 0.874. The molecule has 1 N–H and O–H groups in total.